The van der Waals surface area contributed by atoms with Crippen molar-refractivity contribution >= 4 is 28.7 Å². The van der Waals surface area contributed by atoms with E-state index in [0.717, 1.165) is 22.1 Å². The maximum atomic E-state index is 11.7. The molecule has 0 spiro atoms. The zero-order valence-corrected chi connectivity index (χ0v) is 19.2. The molecule has 1 heterocycles. The quantitative estimate of drug-likeness (QED) is 0.533. The fourth-order valence-corrected chi connectivity index (χ4v) is 3.75. The molecule has 1 atom stereocenters. The maximum absolute atomic E-state index is 11.7. The molecule has 0 radical (unpaired) electrons. The van der Waals surface area contributed by atoms with Gasteiger partial charge in [0.2, 0.25) is 0 Å². The maximum Gasteiger partial charge on any atom is 0.161 e. The van der Waals surface area contributed by atoms with Gasteiger partial charge < -0.3 is 23.8 Å². The van der Waals surface area contributed by atoms with Crippen molar-refractivity contribution < 1.29 is 23.8 Å². The lowest BCUT2D eigenvalue weighted by Crippen LogP contribution is -2.36. The highest BCUT2D eigenvalue weighted by Gasteiger charge is 2.13. The molecule has 0 bridgehead atoms. The highest BCUT2D eigenvalue weighted by molar-refractivity contribution is 7.98. The Balaban J connectivity index is 2.26. The molecule has 6 nitrogen and oxygen atoms in total. The number of carboxylic acids is 1. The van der Waals surface area contributed by atoms with E-state index in [0.29, 0.717) is 40.4 Å². The normalized spacial score (nSPS) is 12.7. The predicted molar refractivity (Wildman–Crippen MR) is 122 cm³/mol. The largest absolute Gasteiger partial charge is 0.548 e. The zero-order chi connectivity index (χ0) is 22.5. The van der Waals surface area contributed by atoms with Gasteiger partial charge in [-0.3, -0.25) is 4.99 Å². The molecule has 0 amide bonds. The van der Waals surface area contributed by atoms with Crippen LogP contribution in [0.1, 0.15) is 17.5 Å². The van der Waals surface area contributed by atoms with Crippen LogP contribution in [0.15, 0.2) is 45.8 Å². The third-order valence-corrected chi connectivity index (χ3v) is 5.83. The summed E-state index contributed by atoms with van der Waals surface area (Å²) in [5.41, 5.74) is 3.55. The number of hydrogen-bond acceptors (Lipinski definition) is 7. The van der Waals surface area contributed by atoms with Crippen LogP contribution in [0.5, 0.6) is 11.5 Å². The van der Waals surface area contributed by atoms with Gasteiger partial charge in [-0.15, -0.1) is 0 Å². The van der Waals surface area contributed by atoms with Crippen LogP contribution in [0.4, 0.5) is 0 Å². The number of ether oxygens (including phenoxy) is 2. The molecule has 0 N–H and O–H groups in total. The Morgan fingerprint density at radius 2 is 1.81 bits per heavy atom. The van der Waals surface area contributed by atoms with Crippen molar-refractivity contribution in [1.29, 1.82) is 0 Å². The summed E-state index contributed by atoms with van der Waals surface area (Å²) in [4.78, 5) is 16.3. The van der Waals surface area contributed by atoms with Gasteiger partial charge in [0.05, 0.1) is 31.6 Å². The molecule has 0 saturated heterocycles. The van der Waals surface area contributed by atoms with E-state index in [1.54, 1.807) is 38.1 Å². The Morgan fingerprint density at radius 3 is 2.45 bits per heavy atom. The summed E-state index contributed by atoms with van der Waals surface area (Å²) in [5, 5.41) is 13.0. The lowest BCUT2D eigenvalue weighted by atomic mass is 10.0. The van der Waals surface area contributed by atoms with Crippen molar-refractivity contribution in [1.82, 2.24) is 0 Å². The van der Waals surface area contributed by atoms with Crippen LogP contribution in [0, 0.1) is 13.8 Å². The third kappa shape index (κ3) is 5.05. The van der Waals surface area contributed by atoms with Crippen molar-refractivity contribution in [3.05, 3.63) is 52.9 Å². The Morgan fingerprint density at radius 1 is 1.10 bits per heavy atom. The number of hydrogen-bond donors (Lipinski definition) is 0. The van der Waals surface area contributed by atoms with Gasteiger partial charge in [-0.1, -0.05) is 0 Å². The highest BCUT2D eigenvalue weighted by atomic mass is 32.2. The molecule has 2 aromatic carbocycles. The first kappa shape index (κ1) is 22.7. The van der Waals surface area contributed by atoms with Crippen LogP contribution in [-0.4, -0.2) is 38.2 Å². The molecule has 0 fully saturated rings. The number of fused-ring (bicyclic) bond motifs is 1. The molecule has 0 aliphatic carbocycles. The molecule has 1 unspecified atom stereocenters. The SMILES string of the molecule is COc1ccc(-c2cc(=NC(CCSC)C(=O)[O-])c3cc(C)c(C)cc3o2)cc1OC. The fraction of sp³-hybridized carbons (Fsp3) is 0.333. The van der Waals surface area contributed by atoms with Crippen molar-refractivity contribution in [3.8, 4) is 22.8 Å². The topological polar surface area (TPSA) is 84.1 Å². The summed E-state index contributed by atoms with van der Waals surface area (Å²) in [6, 6.07) is 10.2. The standard InChI is InChI=1S/C24H27NO5S/c1-14-10-17-19(25-18(24(26)27)8-9-31-5)13-21(30-22(17)11-15(14)2)16-6-7-20(28-3)23(12-16)29-4/h6-7,10-13,18H,8-9H2,1-5H3,(H,26,27)/p-1. The smallest absolute Gasteiger partial charge is 0.161 e. The number of carbonyl (C=O) groups excluding carboxylic acids is 1. The van der Waals surface area contributed by atoms with Gasteiger partial charge in [0.1, 0.15) is 11.3 Å². The second kappa shape index (κ2) is 9.92. The molecule has 3 aromatic rings. The summed E-state index contributed by atoms with van der Waals surface area (Å²) in [6.45, 7) is 4.01. The molecule has 0 saturated carbocycles. The Kier molecular flexibility index (Phi) is 7.28. The number of aryl methyl sites for hydroxylation is 2. The number of carbonyl (C=O) groups is 1. The van der Waals surface area contributed by atoms with E-state index < -0.39 is 12.0 Å². The number of nitrogens with zero attached hydrogens (tertiary/aromatic N) is 1. The second-order valence-corrected chi connectivity index (χ2v) is 8.23. The van der Waals surface area contributed by atoms with Crippen LogP contribution >= 0.6 is 11.8 Å². The molecule has 3 rings (SSSR count). The number of thioether (sulfide) groups is 1. The summed E-state index contributed by atoms with van der Waals surface area (Å²) in [6.07, 6.45) is 2.33. The Bertz CT molecular complexity index is 1170. The number of benzene rings is 2. The van der Waals surface area contributed by atoms with E-state index in [-0.39, 0.29) is 0 Å². The monoisotopic (exact) mass is 440 g/mol. The Labute approximate surface area is 185 Å². The van der Waals surface area contributed by atoms with Gasteiger partial charge in [0.15, 0.2) is 11.5 Å². The van der Waals surface area contributed by atoms with Crippen molar-refractivity contribution in [3.63, 3.8) is 0 Å². The van der Waals surface area contributed by atoms with Gasteiger partial charge in [-0.2, -0.15) is 11.8 Å². The highest BCUT2D eigenvalue weighted by Crippen LogP contribution is 2.33. The molecule has 1 aromatic heterocycles. The minimum Gasteiger partial charge on any atom is -0.548 e. The Hall–Kier alpha value is -2.93. The predicted octanol–water partition coefficient (Wildman–Crippen LogP) is 3.51. The van der Waals surface area contributed by atoms with E-state index in [2.05, 4.69) is 4.99 Å². The zero-order valence-electron chi connectivity index (χ0n) is 18.4. The summed E-state index contributed by atoms with van der Waals surface area (Å²) >= 11 is 1.58. The van der Waals surface area contributed by atoms with Gasteiger partial charge in [0, 0.05) is 17.0 Å². The van der Waals surface area contributed by atoms with E-state index in [4.69, 9.17) is 13.9 Å². The van der Waals surface area contributed by atoms with Crippen molar-refractivity contribution in [2.45, 2.75) is 26.3 Å². The fourth-order valence-electron chi connectivity index (χ4n) is 3.30. The van der Waals surface area contributed by atoms with Crippen molar-refractivity contribution in [2.24, 2.45) is 4.99 Å². The number of rotatable bonds is 8. The number of carboxylic acid groups (broad SMARTS) is 1. The van der Waals surface area contributed by atoms with E-state index in [1.165, 1.54) is 0 Å². The summed E-state index contributed by atoms with van der Waals surface area (Å²) in [7, 11) is 3.15. The molecular weight excluding hydrogens is 414 g/mol. The number of methoxy groups -OCH3 is 2. The van der Waals surface area contributed by atoms with Crippen LogP contribution in [0.25, 0.3) is 22.3 Å². The molecule has 7 heteroatoms. The minimum absolute atomic E-state index is 0.396. The second-order valence-electron chi connectivity index (χ2n) is 7.24. The molecule has 164 valence electrons. The van der Waals surface area contributed by atoms with Crippen LogP contribution < -0.4 is 19.9 Å². The average Bonchev–Trinajstić information content (AvgIpc) is 2.76. The van der Waals surface area contributed by atoms with Gasteiger partial charge in [-0.05, 0) is 73.7 Å². The van der Waals surface area contributed by atoms with Crippen LogP contribution in [-0.2, 0) is 4.79 Å². The molecule has 31 heavy (non-hydrogen) atoms. The first-order chi connectivity index (χ1) is 14.9. The molecular formula is C24H26NO5S-. The van der Waals surface area contributed by atoms with E-state index in [9.17, 15) is 9.90 Å². The van der Waals surface area contributed by atoms with Gasteiger partial charge >= 0.3 is 0 Å². The third-order valence-electron chi connectivity index (χ3n) is 5.19. The number of aliphatic carboxylic acids is 1. The first-order valence-electron chi connectivity index (χ1n) is 9.89. The molecule has 0 aliphatic rings. The lowest BCUT2D eigenvalue weighted by molar-refractivity contribution is -0.307. The van der Waals surface area contributed by atoms with E-state index >= 15 is 0 Å². The average molecular weight is 441 g/mol. The molecule has 0 aliphatic heterocycles. The van der Waals surface area contributed by atoms with Crippen molar-refractivity contribution in [2.75, 3.05) is 26.2 Å². The van der Waals surface area contributed by atoms with Gasteiger partial charge in [0.25, 0.3) is 0 Å². The first-order valence-corrected chi connectivity index (χ1v) is 11.3. The van der Waals surface area contributed by atoms with Gasteiger partial charge in [-0.25, -0.2) is 0 Å². The van der Waals surface area contributed by atoms with Crippen LogP contribution in [0.3, 0.4) is 0 Å². The lowest BCUT2D eigenvalue weighted by Gasteiger charge is -2.14. The van der Waals surface area contributed by atoms with Crippen LogP contribution in [0.2, 0.25) is 0 Å². The van der Waals surface area contributed by atoms with E-state index in [1.807, 2.05) is 44.4 Å². The summed E-state index contributed by atoms with van der Waals surface area (Å²) < 4.78 is 16.9. The minimum atomic E-state index is -1.18. The summed E-state index contributed by atoms with van der Waals surface area (Å²) in [5.74, 6) is 1.23.